The third-order valence-corrected chi connectivity index (χ3v) is 1.79. The van der Waals surface area contributed by atoms with Gasteiger partial charge in [-0.15, -0.1) is 11.6 Å². The molecule has 11 heavy (non-hydrogen) atoms. The Kier molecular flexibility index (Phi) is 2.34. The molecule has 0 amide bonds. The van der Waals surface area contributed by atoms with E-state index in [4.69, 9.17) is 11.6 Å². The van der Waals surface area contributed by atoms with Crippen LogP contribution in [0.4, 0.5) is 0 Å². The van der Waals surface area contributed by atoms with Gasteiger partial charge in [0.1, 0.15) is 5.82 Å². The van der Waals surface area contributed by atoms with Crippen LogP contribution in [-0.2, 0) is 19.5 Å². The SMILES string of the molecule is CCn1nc(CCl)n(C)c1=O. The molecule has 0 spiro atoms. The molecular formula is C6H10ClN3O. The van der Waals surface area contributed by atoms with E-state index in [1.165, 1.54) is 9.25 Å². The largest absolute Gasteiger partial charge is 0.345 e. The molecule has 4 nitrogen and oxygen atoms in total. The monoisotopic (exact) mass is 175 g/mol. The number of rotatable bonds is 2. The van der Waals surface area contributed by atoms with Crippen molar-refractivity contribution in [3.8, 4) is 0 Å². The first-order valence-corrected chi connectivity index (χ1v) is 3.92. The van der Waals surface area contributed by atoms with Crippen LogP contribution in [0.5, 0.6) is 0 Å². The Morgan fingerprint density at radius 1 is 1.64 bits per heavy atom. The molecule has 0 saturated heterocycles. The molecule has 0 saturated carbocycles. The highest BCUT2D eigenvalue weighted by molar-refractivity contribution is 6.16. The van der Waals surface area contributed by atoms with Gasteiger partial charge in [0.15, 0.2) is 0 Å². The lowest BCUT2D eigenvalue weighted by molar-refractivity contribution is 0.622. The zero-order valence-corrected chi connectivity index (χ0v) is 7.30. The fourth-order valence-corrected chi connectivity index (χ4v) is 1.09. The van der Waals surface area contributed by atoms with Gasteiger partial charge < -0.3 is 0 Å². The Morgan fingerprint density at radius 3 is 2.55 bits per heavy atom. The quantitative estimate of drug-likeness (QED) is 0.609. The first kappa shape index (κ1) is 8.33. The standard InChI is InChI=1S/C6H10ClN3O/c1-3-10-6(11)9(2)5(4-7)8-10/h3-4H2,1-2H3. The summed E-state index contributed by atoms with van der Waals surface area (Å²) in [6.45, 7) is 2.45. The number of nitrogens with zero attached hydrogens (tertiary/aromatic N) is 3. The lowest BCUT2D eigenvalue weighted by Gasteiger charge is -1.88. The number of hydrogen-bond acceptors (Lipinski definition) is 2. The summed E-state index contributed by atoms with van der Waals surface area (Å²) in [5, 5.41) is 3.98. The fraction of sp³-hybridized carbons (Fsp3) is 0.667. The Labute approximate surface area is 69.4 Å². The molecule has 1 rings (SSSR count). The van der Waals surface area contributed by atoms with Crippen LogP contribution in [0.15, 0.2) is 4.79 Å². The highest BCUT2D eigenvalue weighted by Crippen LogP contribution is 1.94. The molecular weight excluding hydrogens is 166 g/mol. The van der Waals surface area contributed by atoms with Gasteiger partial charge in [-0.05, 0) is 6.92 Å². The van der Waals surface area contributed by atoms with Crippen LogP contribution < -0.4 is 5.69 Å². The molecule has 0 atom stereocenters. The van der Waals surface area contributed by atoms with Crippen molar-refractivity contribution in [2.75, 3.05) is 0 Å². The third-order valence-electron chi connectivity index (χ3n) is 1.55. The highest BCUT2D eigenvalue weighted by Gasteiger charge is 2.05. The molecule has 0 unspecified atom stereocenters. The van der Waals surface area contributed by atoms with Crippen LogP contribution in [-0.4, -0.2) is 14.3 Å². The minimum absolute atomic E-state index is 0.108. The topological polar surface area (TPSA) is 39.8 Å². The Hall–Kier alpha value is -0.770. The van der Waals surface area contributed by atoms with E-state index >= 15 is 0 Å². The highest BCUT2D eigenvalue weighted by atomic mass is 35.5. The molecule has 1 heterocycles. The first-order chi connectivity index (χ1) is 5.20. The number of hydrogen-bond donors (Lipinski definition) is 0. The number of alkyl halides is 1. The van der Waals surface area contributed by atoms with E-state index in [9.17, 15) is 4.79 Å². The summed E-state index contributed by atoms with van der Waals surface area (Å²) >= 11 is 5.54. The van der Waals surface area contributed by atoms with Crippen LogP contribution >= 0.6 is 11.6 Å². The van der Waals surface area contributed by atoms with E-state index in [1.807, 2.05) is 6.92 Å². The van der Waals surface area contributed by atoms with Crippen molar-refractivity contribution in [3.05, 3.63) is 16.3 Å². The maximum Gasteiger partial charge on any atom is 0.345 e. The van der Waals surface area contributed by atoms with Crippen molar-refractivity contribution in [1.29, 1.82) is 0 Å². The zero-order chi connectivity index (χ0) is 8.43. The second kappa shape index (κ2) is 3.09. The second-order valence-electron chi connectivity index (χ2n) is 2.21. The summed E-state index contributed by atoms with van der Waals surface area (Å²) in [5.74, 6) is 0.886. The summed E-state index contributed by atoms with van der Waals surface area (Å²) in [7, 11) is 1.67. The average molecular weight is 176 g/mol. The summed E-state index contributed by atoms with van der Waals surface area (Å²) in [4.78, 5) is 11.2. The van der Waals surface area contributed by atoms with Gasteiger partial charge in [0.2, 0.25) is 0 Å². The van der Waals surface area contributed by atoms with E-state index in [0.717, 1.165) is 0 Å². The van der Waals surface area contributed by atoms with Gasteiger partial charge in [-0.1, -0.05) is 0 Å². The predicted molar refractivity (Wildman–Crippen MR) is 42.7 cm³/mol. The van der Waals surface area contributed by atoms with E-state index in [0.29, 0.717) is 12.4 Å². The molecule has 0 N–H and O–H groups in total. The minimum atomic E-state index is -0.108. The molecule has 62 valence electrons. The molecule has 0 aromatic carbocycles. The average Bonchev–Trinajstić information content (AvgIpc) is 2.30. The smallest absolute Gasteiger partial charge is 0.281 e. The molecule has 0 aliphatic heterocycles. The first-order valence-electron chi connectivity index (χ1n) is 3.39. The van der Waals surface area contributed by atoms with Crippen LogP contribution in [0.1, 0.15) is 12.7 Å². The second-order valence-corrected chi connectivity index (χ2v) is 2.47. The maximum atomic E-state index is 11.2. The van der Waals surface area contributed by atoms with Crippen LogP contribution in [0.2, 0.25) is 0 Å². The molecule has 0 radical (unpaired) electrons. The van der Waals surface area contributed by atoms with Gasteiger partial charge >= 0.3 is 5.69 Å². The van der Waals surface area contributed by atoms with Gasteiger partial charge in [-0.25, -0.2) is 9.48 Å². The molecule has 1 aromatic rings. The molecule has 1 aromatic heterocycles. The maximum absolute atomic E-state index is 11.2. The van der Waals surface area contributed by atoms with Gasteiger partial charge in [0, 0.05) is 13.6 Å². The molecule has 0 aliphatic rings. The lowest BCUT2D eigenvalue weighted by Crippen LogP contribution is -2.22. The van der Waals surface area contributed by atoms with Crippen molar-refractivity contribution in [1.82, 2.24) is 14.3 Å². The minimum Gasteiger partial charge on any atom is -0.281 e. The number of halogens is 1. The zero-order valence-electron chi connectivity index (χ0n) is 6.54. The van der Waals surface area contributed by atoms with E-state index in [1.54, 1.807) is 7.05 Å². The van der Waals surface area contributed by atoms with Crippen molar-refractivity contribution in [2.24, 2.45) is 7.05 Å². The van der Waals surface area contributed by atoms with Crippen molar-refractivity contribution in [3.63, 3.8) is 0 Å². The third kappa shape index (κ3) is 1.30. The number of aromatic nitrogens is 3. The molecule has 5 heteroatoms. The Balaban J connectivity index is 3.23. The van der Waals surface area contributed by atoms with Crippen molar-refractivity contribution < 1.29 is 0 Å². The molecule has 0 bridgehead atoms. The molecule has 0 fully saturated rings. The summed E-state index contributed by atoms with van der Waals surface area (Å²) in [6, 6.07) is 0. The van der Waals surface area contributed by atoms with Crippen molar-refractivity contribution in [2.45, 2.75) is 19.3 Å². The van der Waals surface area contributed by atoms with Crippen molar-refractivity contribution >= 4 is 11.6 Å². The number of aryl methyl sites for hydroxylation is 1. The lowest BCUT2D eigenvalue weighted by atomic mass is 10.7. The summed E-state index contributed by atoms with van der Waals surface area (Å²) in [6.07, 6.45) is 0. The molecule has 0 aliphatic carbocycles. The predicted octanol–water partition coefficient (Wildman–Crippen LogP) is 0.340. The summed E-state index contributed by atoms with van der Waals surface area (Å²) in [5.41, 5.74) is -0.108. The van der Waals surface area contributed by atoms with Crippen LogP contribution in [0.3, 0.4) is 0 Å². The normalized spacial score (nSPS) is 10.5. The van der Waals surface area contributed by atoms with Gasteiger partial charge in [-0.2, -0.15) is 5.10 Å². The van der Waals surface area contributed by atoms with E-state index in [-0.39, 0.29) is 11.6 Å². The van der Waals surface area contributed by atoms with E-state index < -0.39 is 0 Å². The van der Waals surface area contributed by atoms with Crippen LogP contribution in [0.25, 0.3) is 0 Å². The Bertz CT molecular complexity index is 301. The Morgan fingerprint density at radius 2 is 2.27 bits per heavy atom. The van der Waals surface area contributed by atoms with Crippen LogP contribution in [0, 0.1) is 0 Å². The van der Waals surface area contributed by atoms with Gasteiger partial charge in [0.25, 0.3) is 0 Å². The van der Waals surface area contributed by atoms with E-state index in [2.05, 4.69) is 5.10 Å². The van der Waals surface area contributed by atoms with Gasteiger partial charge in [-0.3, -0.25) is 4.57 Å². The van der Waals surface area contributed by atoms with Gasteiger partial charge in [0.05, 0.1) is 5.88 Å². The fourth-order valence-electron chi connectivity index (χ4n) is 0.855. The summed E-state index contributed by atoms with van der Waals surface area (Å²) < 4.78 is 2.84.